The Morgan fingerprint density at radius 3 is 1.65 bits per heavy atom. The summed E-state index contributed by atoms with van der Waals surface area (Å²) >= 11 is 0. The first-order chi connectivity index (χ1) is 9.69. The average molecular weight is 274 g/mol. The summed E-state index contributed by atoms with van der Waals surface area (Å²) in [6.07, 6.45) is 1.38. The van der Waals surface area contributed by atoms with Gasteiger partial charge in [-0.1, -0.05) is 0 Å². The van der Waals surface area contributed by atoms with E-state index in [4.69, 9.17) is 9.47 Å². The van der Waals surface area contributed by atoms with Gasteiger partial charge >= 0.3 is 11.9 Å². The molecule has 20 heavy (non-hydrogen) atoms. The normalized spacial score (nSPS) is 63.1. The smallest absolute Gasteiger partial charge is 0.323 e. The lowest BCUT2D eigenvalue weighted by Gasteiger charge is -2.44. The SMILES string of the molecule is COC(=O)C1(C(=O)OC)[C@@H]2[C@H]3[C@@H]4[C@H]5C[C@H]6[C@@H]4[C@H]3[C@H]1[C@@H]6[C@H]52. The molecule has 0 N–H and O–H groups in total. The lowest BCUT2D eigenvalue weighted by Crippen LogP contribution is -2.46. The molecule has 0 saturated heterocycles. The molecule has 0 unspecified atom stereocenters. The molecule has 0 aromatic carbocycles. The lowest BCUT2D eigenvalue weighted by molar-refractivity contribution is -0.174. The van der Waals surface area contributed by atoms with Crippen LogP contribution in [0.15, 0.2) is 0 Å². The van der Waals surface area contributed by atoms with Crippen molar-refractivity contribution in [3.63, 3.8) is 0 Å². The molecule has 7 aliphatic carbocycles. The van der Waals surface area contributed by atoms with E-state index in [-0.39, 0.29) is 23.8 Å². The largest absolute Gasteiger partial charge is 0.468 e. The number of ether oxygens (including phenoxy) is 2. The zero-order chi connectivity index (χ0) is 13.5. The molecule has 7 rings (SSSR count). The van der Waals surface area contributed by atoms with Gasteiger partial charge in [0.15, 0.2) is 5.41 Å². The van der Waals surface area contributed by atoms with Crippen molar-refractivity contribution in [2.45, 2.75) is 6.42 Å². The van der Waals surface area contributed by atoms with Crippen molar-refractivity contribution in [3.05, 3.63) is 0 Å². The maximum Gasteiger partial charge on any atom is 0.323 e. The molecule has 10 atom stereocenters. The number of esters is 2. The van der Waals surface area contributed by atoms with Crippen LogP contribution in [0.1, 0.15) is 6.42 Å². The number of carbonyl (C=O) groups excluding carboxylic acids is 2. The van der Waals surface area contributed by atoms with E-state index in [2.05, 4.69) is 0 Å². The minimum atomic E-state index is -0.939. The van der Waals surface area contributed by atoms with Gasteiger partial charge < -0.3 is 9.47 Å². The topological polar surface area (TPSA) is 52.6 Å². The van der Waals surface area contributed by atoms with E-state index in [1.807, 2.05) is 0 Å². The Morgan fingerprint density at radius 2 is 1.25 bits per heavy atom. The van der Waals surface area contributed by atoms with E-state index in [1.165, 1.54) is 20.6 Å². The highest BCUT2D eigenvalue weighted by atomic mass is 16.5. The van der Waals surface area contributed by atoms with Crippen LogP contribution in [0.2, 0.25) is 0 Å². The molecule has 4 bridgehead atoms. The maximum absolute atomic E-state index is 12.6. The maximum atomic E-state index is 12.6. The zero-order valence-electron chi connectivity index (χ0n) is 11.6. The highest BCUT2D eigenvalue weighted by Gasteiger charge is 2.95. The minimum Gasteiger partial charge on any atom is -0.468 e. The number of hydrogen-bond acceptors (Lipinski definition) is 4. The van der Waals surface area contributed by atoms with Gasteiger partial charge in [-0.2, -0.15) is 0 Å². The number of carbonyl (C=O) groups is 2. The van der Waals surface area contributed by atoms with Gasteiger partial charge in [0.2, 0.25) is 0 Å². The molecule has 0 spiro atoms. The Bertz CT molecular complexity index is 529. The molecule has 0 aliphatic heterocycles. The van der Waals surface area contributed by atoms with E-state index in [1.54, 1.807) is 0 Å². The van der Waals surface area contributed by atoms with Crippen molar-refractivity contribution in [2.24, 2.45) is 64.6 Å². The molecular formula is C16H18O4. The van der Waals surface area contributed by atoms with E-state index in [0.717, 1.165) is 23.7 Å². The predicted molar refractivity (Wildman–Crippen MR) is 66.0 cm³/mol. The van der Waals surface area contributed by atoms with Gasteiger partial charge in [0.25, 0.3) is 0 Å². The van der Waals surface area contributed by atoms with Crippen molar-refractivity contribution in [2.75, 3.05) is 14.2 Å². The molecular weight excluding hydrogens is 256 g/mol. The Balaban J connectivity index is 1.62. The molecule has 0 amide bonds. The molecule has 0 heterocycles. The van der Waals surface area contributed by atoms with Gasteiger partial charge in [-0.3, -0.25) is 9.59 Å². The molecule has 7 saturated carbocycles. The van der Waals surface area contributed by atoms with Gasteiger partial charge in [-0.15, -0.1) is 0 Å². The van der Waals surface area contributed by atoms with Gasteiger partial charge in [0.05, 0.1) is 14.2 Å². The molecule has 4 heteroatoms. The van der Waals surface area contributed by atoms with Crippen LogP contribution in [0.3, 0.4) is 0 Å². The second kappa shape index (κ2) is 2.67. The van der Waals surface area contributed by atoms with Gasteiger partial charge in [-0.05, 0) is 65.6 Å². The predicted octanol–water partition coefficient (Wildman–Crippen LogP) is 0.952. The summed E-state index contributed by atoms with van der Waals surface area (Å²) in [7, 11) is 2.84. The van der Waals surface area contributed by atoms with Crippen molar-refractivity contribution in [1.29, 1.82) is 0 Å². The van der Waals surface area contributed by atoms with Crippen molar-refractivity contribution >= 4 is 11.9 Å². The van der Waals surface area contributed by atoms with Crippen molar-refractivity contribution in [1.82, 2.24) is 0 Å². The summed E-state index contributed by atoms with van der Waals surface area (Å²) in [4.78, 5) is 25.3. The van der Waals surface area contributed by atoms with E-state index in [0.29, 0.717) is 23.7 Å². The van der Waals surface area contributed by atoms with E-state index < -0.39 is 5.41 Å². The molecule has 7 aliphatic rings. The first-order valence-electron chi connectivity index (χ1n) is 7.86. The molecule has 4 nitrogen and oxygen atoms in total. The summed E-state index contributed by atoms with van der Waals surface area (Å²) < 4.78 is 10.2. The van der Waals surface area contributed by atoms with Crippen LogP contribution in [0.25, 0.3) is 0 Å². The fourth-order valence-electron chi connectivity index (χ4n) is 8.93. The van der Waals surface area contributed by atoms with Crippen LogP contribution >= 0.6 is 0 Å². The van der Waals surface area contributed by atoms with E-state index in [9.17, 15) is 9.59 Å². The third-order valence-corrected chi connectivity index (χ3v) is 8.50. The summed E-state index contributed by atoms with van der Waals surface area (Å²) in [5.41, 5.74) is -0.939. The lowest BCUT2D eigenvalue weighted by atomic mass is 9.60. The Morgan fingerprint density at radius 1 is 0.800 bits per heavy atom. The van der Waals surface area contributed by atoms with Crippen molar-refractivity contribution < 1.29 is 19.1 Å². The number of methoxy groups -OCH3 is 2. The molecule has 0 aromatic rings. The Labute approximate surface area is 117 Å². The monoisotopic (exact) mass is 274 g/mol. The second-order valence-corrected chi connectivity index (χ2v) is 7.93. The van der Waals surface area contributed by atoms with Crippen LogP contribution in [0.5, 0.6) is 0 Å². The van der Waals surface area contributed by atoms with Crippen LogP contribution in [0.4, 0.5) is 0 Å². The third-order valence-electron chi connectivity index (χ3n) is 8.50. The van der Waals surface area contributed by atoms with E-state index >= 15 is 0 Å². The minimum absolute atomic E-state index is 0.237. The van der Waals surface area contributed by atoms with Crippen LogP contribution in [-0.2, 0) is 19.1 Å². The Kier molecular flexibility index (Phi) is 1.42. The highest BCUT2D eigenvalue weighted by Crippen LogP contribution is 2.94. The molecule has 0 radical (unpaired) electrons. The summed E-state index contributed by atoms with van der Waals surface area (Å²) in [5, 5.41) is 0. The molecule has 0 aromatic heterocycles. The fourth-order valence-corrected chi connectivity index (χ4v) is 8.93. The summed E-state index contributed by atoms with van der Waals surface area (Å²) in [6.45, 7) is 0. The van der Waals surface area contributed by atoms with Gasteiger partial charge in [0.1, 0.15) is 0 Å². The second-order valence-electron chi connectivity index (χ2n) is 7.93. The van der Waals surface area contributed by atoms with Gasteiger partial charge in [0, 0.05) is 0 Å². The number of rotatable bonds is 2. The third kappa shape index (κ3) is 0.626. The van der Waals surface area contributed by atoms with Crippen LogP contribution in [-0.4, -0.2) is 26.2 Å². The number of hydrogen-bond donors (Lipinski definition) is 0. The van der Waals surface area contributed by atoms with Crippen molar-refractivity contribution in [3.8, 4) is 0 Å². The quantitative estimate of drug-likeness (QED) is 0.556. The fraction of sp³-hybridized carbons (Fsp3) is 0.875. The summed E-state index contributed by atoms with van der Waals surface area (Å²) in [5.74, 6) is 5.64. The zero-order valence-corrected chi connectivity index (χ0v) is 11.6. The molecule has 7 fully saturated rings. The standard InChI is InChI=1S/C16H18O4/c1-19-14(17)16(15(18)20-2)12-8-4-3-5-7-6(4)10(12)11(7)13(16)9(5)8/h4-13H,3H2,1-2H3/t4-,5+,6-,7+,8-,9-,10+,11-,12+,13-/m0/s1. The molecule has 106 valence electrons. The van der Waals surface area contributed by atoms with Gasteiger partial charge in [-0.25, -0.2) is 0 Å². The average Bonchev–Trinajstić information content (AvgIpc) is 3.08. The first-order valence-corrected chi connectivity index (χ1v) is 7.86. The Hall–Kier alpha value is -1.06. The summed E-state index contributed by atoms with van der Waals surface area (Å²) in [6, 6.07) is 0. The first kappa shape index (κ1) is 10.6. The highest BCUT2D eigenvalue weighted by molar-refractivity contribution is 6.02. The van der Waals surface area contributed by atoms with Crippen LogP contribution in [0, 0.1) is 64.6 Å². The van der Waals surface area contributed by atoms with Crippen LogP contribution < -0.4 is 0 Å².